The summed E-state index contributed by atoms with van der Waals surface area (Å²) >= 11 is 0. The summed E-state index contributed by atoms with van der Waals surface area (Å²) in [7, 11) is 3.07. The van der Waals surface area contributed by atoms with Crippen molar-refractivity contribution in [1.29, 1.82) is 0 Å². The van der Waals surface area contributed by atoms with E-state index in [0.717, 1.165) is 16.0 Å². The first-order valence-corrected chi connectivity index (χ1v) is 7.53. The Balaban J connectivity index is 1.88. The predicted octanol–water partition coefficient (Wildman–Crippen LogP) is 0.867. The maximum Gasteiger partial charge on any atom is 0.327 e. The second-order valence-corrected chi connectivity index (χ2v) is 5.74. The fraction of sp³-hybridized carbons (Fsp3) is 0.438. The zero-order valence-electron chi connectivity index (χ0n) is 13.4. The standard InChI is InChI=1S/C16H18N2O6/c1-23-12-6-9-5-11-15(21)17(4-3-14(19)20)16(22)18(11)8-10(9)7-13(12)24-2/h6-7,11H,3-5,8H2,1-2H3,(H,19,20). The number of carbonyl (C=O) groups excluding carboxylic acids is 2. The number of urea groups is 1. The van der Waals surface area contributed by atoms with E-state index >= 15 is 0 Å². The summed E-state index contributed by atoms with van der Waals surface area (Å²) in [5.41, 5.74) is 1.82. The molecule has 0 spiro atoms. The van der Waals surface area contributed by atoms with Crippen LogP contribution in [0.25, 0.3) is 0 Å². The average Bonchev–Trinajstić information content (AvgIpc) is 2.80. The predicted molar refractivity (Wildman–Crippen MR) is 81.9 cm³/mol. The van der Waals surface area contributed by atoms with Crippen LogP contribution in [0.3, 0.4) is 0 Å². The Hall–Kier alpha value is -2.77. The summed E-state index contributed by atoms with van der Waals surface area (Å²) in [5, 5.41) is 8.77. The lowest BCUT2D eigenvalue weighted by molar-refractivity contribution is -0.137. The minimum Gasteiger partial charge on any atom is -0.493 e. The highest BCUT2D eigenvalue weighted by atomic mass is 16.5. The van der Waals surface area contributed by atoms with Crippen molar-refractivity contribution in [2.75, 3.05) is 20.8 Å². The van der Waals surface area contributed by atoms with Crippen LogP contribution in [0.1, 0.15) is 17.5 Å². The number of aliphatic carboxylic acids is 1. The normalized spacial score (nSPS) is 19.2. The molecule has 3 amide bonds. The third-order valence-electron chi connectivity index (χ3n) is 4.41. The van der Waals surface area contributed by atoms with Crippen LogP contribution in [0.4, 0.5) is 4.79 Å². The van der Waals surface area contributed by atoms with Crippen molar-refractivity contribution in [3.8, 4) is 11.5 Å². The number of fused-ring (bicyclic) bond motifs is 2. The Kier molecular flexibility index (Phi) is 4.04. The second kappa shape index (κ2) is 6.03. The molecule has 0 aliphatic carbocycles. The summed E-state index contributed by atoms with van der Waals surface area (Å²) in [6.07, 6.45) is 0.121. The smallest absolute Gasteiger partial charge is 0.327 e. The first-order chi connectivity index (χ1) is 11.5. The average molecular weight is 334 g/mol. The lowest BCUT2D eigenvalue weighted by Crippen LogP contribution is -2.40. The quantitative estimate of drug-likeness (QED) is 0.803. The SMILES string of the molecule is COc1cc2c(cc1OC)CN1C(=O)N(CCC(=O)O)C(=O)C1C2. The van der Waals surface area contributed by atoms with Crippen LogP contribution < -0.4 is 9.47 Å². The molecule has 1 fully saturated rings. The number of carboxylic acids is 1. The summed E-state index contributed by atoms with van der Waals surface area (Å²) in [6, 6.07) is 2.61. The first kappa shape index (κ1) is 16.1. The van der Waals surface area contributed by atoms with Gasteiger partial charge in [-0.2, -0.15) is 0 Å². The van der Waals surface area contributed by atoms with Crippen LogP contribution in [0.5, 0.6) is 11.5 Å². The number of carbonyl (C=O) groups is 3. The molecule has 2 aliphatic rings. The van der Waals surface area contributed by atoms with Gasteiger partial charge in [0.05, 0.1) is 20.6 Å². The molecule has 1 aromatic rings. The number of hydrogen-bond acceptors (Lipinski definition) is 5. The molecule has 0 aromatic heterocycles. The van der Waals surface area contributed by atoms with Crippen LogP contribution in [-0.2, 0) is 22.6 Å². The number of benzene rings is 1. The van der Waals surface area contributed by atoms with E-state index < -0.39 is 18.0 Å². The van der Waals surface area contributed by atoms with Crippen LogP contribution in [0.15, 0.2) is 12.1 Å². The maximum atomic E-state index is 12.5. The van der Waals surface area contributed by atoms with Gasteiger partial charge in [-0.05, 0) is 23.3 Å². The molecule has 24 heavy (non-hydrogen) atoms. The lowest BCUT2D eigenvalue weighted by atomic mass is 9.94. The highest BCUT2D eigenvalue weighted by Gasteiger charge is 2.47. The Morgan fingerprint density at radius 2 is 1.83 bits per heavy atom. The van der Waals surface area contributed by atoms with Gasteiger partial charge in [0, 0.05) is 19.5 Å². The van der Waals surface area contributed by atoms with Crippen molar-refractivity contribution in [3.63, 3.8) is 0 Å². The van der Waals surface area contributed by atoms with Gasteiger partial charge in [-0.15, -0.1) is 0 Å². The van der Waals surface area contributed by atoms with Crippen molar-refractivity contribution in [3.05, 3.63) is 23.3 Å². The van der Waals surface area contributed by atoms with Crippen LogP contribution in [0, 0.1) is 0 Å². The van der Waals surface area contributed by atoms with E-state index in [4.69, 9.17) is 14.6 Å². The number of hydrogen-bond donors (Lipinski definition) is 1. The van der Waals surface area contributed by atoms with Gasteiger partial charge in [-0.1, -0.05) is 0 Å². The monoisotopic (exact) mass is 334 g/mol. The molecule has 8 heteroatoms. The Morgan fingerprint density at radius 1 is 1.21 bits per heavy atom. The summed E-state index contributed by atoms with van der Waals surface area (Å²) in [6.45, 7) is 0.178. The zero-order valence-corrected chi connectivity index (χ0v) is 13.4. The van der Waals surface area contributed by atoms with Gasteiger partial charge in [0.1, 0.15) is 6.04 Å². The molecule has 0 radical (unpaired) electrons. The molecule has 1 saturated heterocycles. The molecule has 128 valence electrons. The Labute approximate surface area is 138 Å². The molecule has 1 unspecified atom stereocenters. The van der Waals surface area contributed by atoms with Crippen molar-refractivity contribution in [2.45, 2.75) is 25.4 Å². The van der Waals surface area contributed by atoms with E-state index in [1.54, 1.807) is 0 Å². The van der Waals surface area contributed by atoms with Gasteiger partial charge >= 0.3 is 12.0 Å². The van der Waals surface area contributed by atoms with E-state index in [-0.39, 0.29) is 25.4 Å². The molecule has 1 aromatic carbocycles. The number of imide groups is 1. The largest absolute Gasteiger partial charge is 0.493 e. The number of rotatable bonds is 5. The highest BCUT2D eigenvalue weighted by Crippen LogP contribution is 2.37. The van der Waals surface area contributed by atoms with E-state index in [1.807, 2.05) is 12.1 Å². The molecule has 2 aliphatic heterocycles. The van der Waals surface area contributed by atoms with Crippen LogP contribution >= 0.6 is 0 Å². The molecule has 2 heterocycles. The molecule has 0 saturated carbocycles. The number of nitrogens with zero attached hydrogens (tertiary/aromatic N) is 2. The number of methoxy groups -OCH3 is 2. The molecule has 8 nitrogen and oxygen atoms in total. The van der Waals surface area contributed by atoms with Crippen molar-refractivity contribution < 1.29 is 29.0 Å². The van der Waals surface area contributed by atoms with E-state index in [9.17, 15) is 14.4 Å². The second-order valence-electron chi connectivity index (χ2n) is 5.74. The highest BCUT2D eigenvalue weighted by molar-refractivity contribution is 6.04. The molecule has 0 bridgehead atoms. The fourth-order valence-electron chi connectivity index (χ4n) is 3.18. The van der Waals surface area contributed by atoms with Crippen LogP contribution in [0.2, 0.25) is 0 Å². The third kappa shape index (κ3) is 2.53. The number of ether oxygens (including phenoxy) is 2. The van der Waals surface area contributed by atoms with Gasteiger partial charge in [0.15, 0.2) is 11.5 Å². The molecule has 1 atom stereocenters. The Morgan fingerprint density at radius 3 is 2.42 bits per heavy atom. The first-order valence-electron chi connectivity index (χ1n) is 7.53. The number of amides is 3. The van der Waals surface area contributed by atoms with Crippen molar-refractivity contribution in [1.82, 2.24) is 9.80 Å². The maximum absolute atomic E-state index is 12.5. The lowest BCUT2D eigenvalue weighted by Gasteiger charge is -2.29. The van der Waals surface area contributed by atoms with Crippen molar-refractivity contribution in [2.24, 2.45) is 0 Å². The molecule has 1 N–H and O–H groups in total. The molecular formula is C16H18N2O6. The van der Waals surface area contributed by atoms with Gasteiger partial charge < -0.3 is 19.5 Å². The van der Waals surface area contributed by atoms with E-state index in [0.29, 0.717) is 17.9 Å². The Bertz CT molecular complexity index is 666. The summed E-state index contributed by atoms with van der Waals surface area (Å²) in [4.78, 5) is 38.1. The zero-order chi connectivity index (χ0) is 17.4. The molecule has 3 rings (SSSR count). The van der Waals surface area contributed by atoms with Gasteiger partial charge in [-0.3, -0.25) is 14.5 Å². The summed E-state index contributed by atoms with van der Waals surface area (Å²) < 4.78 is 10.6. The minimum atomic E-state index is -1.04. The molecular weight excluding hydrogens is 316 g/mol. The third-order valence-corrected chi connectivity index (χ3v) is 4.41. The topological polar surface area (TPSA) is 96.4 Å². The van der Waals surface area contributed by atoms with Crippen LogP contribution in [-0.4, -0.2) is 59.6 Å². The van der Waals surface area contributed by atoms with E-state index in [1.165, 1.54) is 19.1 Å². The number of carboxylic acid groups (broad SMARTS) is 1. The van der Waals surface area contributed by atoms with Crippen molar-refractivity contribution >= 4 is 17.9 Å². The fourth-order valence-corrected chi connectivity index (χ4v) is 3.18. The van der Waals surface area contributed by atoms with Gasteiger partial charge in [0.2, 0.25) is 0 Å². The minimum absolute atomic E-state index is 0.108. The summed E-state index contributed by atoms with van der Waals surface area (Å²) in [5.74, 6) is -0.250. The van der Waals surface area contributed by atoms with Gasteiger partial charge in [0.25, 0.3) is 5.91 Å². The van der Waals surface area contributed by atoms with E-state index in [2.05, 4.69) is 0 Å². The van der Waals surface area contributed by atoms with Gasteiger partial charge in [-0.25, -0.2) is 4.79 Å².